The highest BCUT2D eigenvalue weighted by Crippen LogP contribution is 2.60. The zero-order valence-electron chi connectivity index (χ0n) is 15.8. The molecule has 0 spiro atoms. The van der Waals surface area contributed by atoms with Crippen LogP contribution in [0.1, 0.15) is 60.0 Å². The third-order valence-corrected chi connectivity index (χ3v) is 6.66. The molecule has 4 fully saturated rings. The number of benzene rings is 1. The smallest absolute Gasteiger partial charge is 0.273 e. The number of halogens is 6. The van der Waals surface area contributed by atoms with Gasteiger partial charge in [0.05, 0.1) is 16.5 Å². The molecule has 1 aromatic carbocycles. The summed E-state index contributed by atoms with van der Waals surface area (Å²) in [6.45, 7) is 0. The van der Waals surface area contributed by atoms with Crippen LogP contribution in [0.3, 0.4) is 0 Å². The van der Waals surface area contributed by atoms with Crippen molar-refractivity contribution in [2.24, 2.45) is 23.2 Å². The number of alkyl halides is 6. The predicted molar refractivity (Wildman–Crippen MR) is 92.7 cm³/mol. The molecule has 0 unspecified atom stereocenters. The SMILES string of the molecule is O=C(NNC(=O)C12CC3CC(CC(C3)C1)C2)c1cc(C(F)(F)F)cc(C(F)(F)F)c1. The quantitative estimate of drug-likeness (QED) is 0.524. The van der Waals surface area contributed by atoms with Crippen molar-refractivity contribution in [3.63, 3.8) is 0 Å². The number of carbonyl (C=O) groups excluding carboxylic acids is 2. The number of nitrogens with one attached hydrogen (secondary N) is 2. The van der Waals surface area contributed by atoms with Gasteiger partial charge in [0.2, 0.25) is 5.91 Å². The molecule has 2 amide bonds. The summed E-state index contributed by atoms with van der Waals surface area (Å²) in [5.41, 5.74) is -0.364. The molecule has 1 aromatic rings. The number of hydrogen-bond acceptors (Lipinski definition) is 2. The van der Waals surface area contributed by atoms with Crippen molar-refractivity contribution in [1.82, 2.24) is 10.9 Å². The van der Waals surface area contributed by atoms with E-state index in [4.69, 9.17) is 0 Å². The molecule has 4 saturated carbocycles. The molecule has 0 saturated heterocycles. The first-order valence-corrected chi connectivity index (χ1v) is 9.76. The molecule has 0 heterocycles. The zero-order chi connectivity index (χ0) is 21.9. The highest BCUT2D eigenvalue weighted by molar-refractivity contribution is 5.96. The van der Waals surface area contributed by atoms with Gasteiger partial charge in [-0.15, -0.1) is 0 Å². The number of amides is 2. The van der Waals surface area contributed by atoms with E-state index >= 15 is 0 Å². The third-order valence-electron chi connectivity index (χ3n) is 6.66. The van der Waals surface area contributed by atoms with Gasteiger partial charge in [-0.25, -0.2) is 0 Å². The van der Waals surface area contributed by atoms with Crippen LogP contribution in [0.25, 0.3) is 0 Å². The zero-order valence-corrected chi connectivity index (χ0v) is 15.8. The highest BCUT2D eigenvalue weighted by atomic mass is 19.4. The number of rotatable bonds is 2. The van der Waals surface area contributed by atoms with E-state index in [-0.39, 0.29) is 6.07 Å². The summed E-state index contributed by atoms with van der Waals surface area (Å²) in [4.78, 5) is 25.1. The maximum Gasteiger partial charge on any atom is 0.416 e. The van der Waals surface area contributed by atoms with Gasteiger partial charge in [0, 0.05) is 5.56 Å². The van der Waals surface area contributed by atoms with Crippen LogP contribution in [-0.2, 0) is 17.1 Å². The van der Waals surface area contributed by atoms with Gasteiger partial charge in [0.1, 0.15) is 0 Å². The van der Waals surface area contributed by atoms with Crippen molar-refractivity contribution < 1.29 is 35.9 Å². The lowest BCUT2D eigenvalue weighted by Gasteiger charge is -2.55. The Bertz CT molecular complexity index is 809. The van der Waals surface area contributed by atoms with Gasteiger partial charge in [-0.1, -0.05) is 0 Å². The van der Waals surface area contributed by atoms with Gasteiger partial charge in [-0.05, 0) is 74.5 Å². The van der Waals surface area contributed by atoms with E-state index in [9.17, 15) is 35.9 Å². The average Bonchev–Trinajstić information content (AvgIpc) is 2.63. The van der Waals surface area contributed by atoms with Crippen molar-refractivity contribution in [3.8, 4) is 0 Å². The van der Waals surface area contributed by atoms with Gasteiger partial charge < -0.3 is 0 Å². The molecule has 0 radical (unpaired) electrons. The summed E-state index contributed by atoms with van der Waals surface area (Å²) < 4.78 is 77.8. The molecule has 0 atom stereocenters. The summed E-state index contributed by atoms with van der Waals surface area (Å²) in [6.07, 6.45) is -4.76. The lowest BCUT2D eigenvalue weighted by atomic mass is 9.49. The van der Waals surface area contributed by atoms with Gasteiger partial charge in [-0.2, -0.15) is 26.3 Å². The van der Waals surface area contributed by atoms with Crippen LogP contribution in [0, 0.1) is 23.2 Å². The third kappa shape index (κ3) is 3.88. The Morgan fingerprint density at radius 3 is 1.60 bits per heavy atom. The lowest BCUT2D eigenvalue weighted by Crippen LogP contribution is -2.56. The number of hydrazine groups is 1. The number of carbonyl (C=O) groups is 2. The van der Waals surface area contributed by atoms with E-state index < -0.39 is 46.3 Å². The molecule has 4 bridgehead atoms. The summed E-state index contributed by atoms with van der Waals surface area (Å²) in [7, 11) is 0. The van der Waals surface area contributed by atoms with E-state index in [0.29, 0.717) is 49.1 Å². The average molecular weight is 434 g/mol. The normalized spacial score (nSPS) is 30.3. The summed E-state index contributed by atoms with van der Waals surface area (Å²) in [5, 5.41) is 0. The highest BCUT2D eigenvalue weighted by Gasteiger charge is 2.54. The van der Waals surface area contributed by atoms with Crippen molar-refractivity contribution in [3.05, 3.63) is 34.9 Å². The summed E-state index contributed by atoms with van der Waals surface area (Å²) in [5.74, 6) is -0.288. The Kier molecular flexibility index (Phi) is 4.81. The maximum atomic E-state index is 13.0. The van der Waals surface area contributed by atoms with Crippen LogP contribution in [0.5, 0.6) is 0 Å². The Morgan fingerprint density at radius 1 is 0.767 bits per heavy atom. The molecule has 5 rings (SSSR count). The van der Waals surface area contributed by atoms with E-state index in [1.54, 1.807) is 0 Å². The van der Waals surface area contributed by atoms with Crippen LogP contribution in [0.2, 0.25) is 0 Å². The van der Waals surface area contributed by atoms with E-state index in [0.717, 1.165) is 19.3 Å². The van der Waals surface area contributed by atoms with Gasteiger partial charge in [0.15, 0.2) is 0 Å². The van der Waals surface area contributed by atoms with Gasteiger partial charge >= 0.3 is 12.4 Å². The molecule has 164 valence electrons. The molecular weight excluding hydrogens is 414 g/mol. The molecule has 30 heavy (non-hydrogen) atoms. The van der Waals surface area contributed by atoms with Crippen LogP contribution in [0.15, 0.2) is 18.2 Å². The van der Waals surface area contributed by atoms with Crippen LogP contribution in [-0.4, -0.2) is 11.8 Å². The molecule has 10 heteroatoms. The second-order valence-corrected chi connectivity index (χ2v) is 8.90. The minimum Gasteiger partial charge on any atom is -0.273 e. The predicted octanol–water partition coefficient (Wildman–Crippen LogP) is 4.70. The van der Waals surface area contributed by atoms with Crippen molar-refractivity contribution in [2.45, 2.75) is 50.9 Å². The lowest BCUT2D eigenvalue weighted by molar-refractivity contribution is -0.147. The van der Waals surface area contributed by atoms with Gasteiger partial charge in [-0.3, -0.25) is 20.4 Å². The van der Waals surface area contributed by atoms with Crippen LogP contribution < -0.4 is 10.9 Å². The van der Waals surface area contributed by atoms with Gasteiger partial charge in [0.25, 0.3) is 5.91 Å². The Hall–Kier alpha value is -2.26. The fourth-order valence-electron chi connectivity index (χ4n) is 5.79. The fraction of sp³-hybridized carbons (Fsp3) is 0.600. The van der Waals surface area contributed by atoms with Crippen molar-refractivity contribution in [2.75, 3.05) is 0 Å². The molecule has 4 aliphatic rings. The number of hydrogen-bond donors (Lipinski definition) is 2. The van der Waals surface area contributed by atoms with E-state index in [2.05, 4.69) is 5.43 Å². The molecule has 4 nitrogen and oxygen atoms in total. The second-order valence-electron chi connectivity index (χ2n) is 8.90. The Labute approximate surface area is 168 Å². The molecule has 4 aliphatic carbocycles. The first-order chi connectivity index (χ1) is 13.9. The Morgan fingerprint density at radius 2 is 1.20 bits per heavy atom. The first-order valence-electron chi connectivity index (χ1n) is 9.76. The standard InChI is InChI=1S/C20H20F6N2O2/c21-19(22,23)14-4-13(5-15(6-14)20(24,25)26)16(29)27-28-17(30)18-7-10-1-11(8-18)3-12(2-10)9-18/h4-6,10-12H,1-3,7-9H2,(H,27,29)(H,28,30). The Balaban J connectivity index is 1.50. The largest absolute Gasteiger partial charge is 0.416 e. The minimum atomic E-state index is -5.06. The van der Waals surface area contributed by atoms with Crippen LogP contribution in [0.4, 0.5) is 26.3 Å². The van der Waals surface area contributed by atoms with Crippen molar-refractivity contribution >= 4 is 11.8 Å². The summed E-state index contributed by atoms with van der Waals surface area (Å²) in [6, 6.07) is 0.619. The van der Waals surface area contributed by atoms with E-state index in [1.807, 2.05) is 5.43 Å². The molecular formula is C20H20F6N2O2. The van der Waals surface area contributed by atoms with Crippen LogP contribution >= 0.6 is 0 Å². The minimum absolute atomic E-state index is 0.0508. The second kappa shape index (κ2) is 6.88. The maximum absolute atomic E-state index is 13.0. The molecule has 0 aliphatic heterocycles. The molecule has 2 N–H and O–H groups in total. The fourth-order valence-corrected chi connectivity index (χ4v) is 5.79. The monoisotopic (exact) mass is 434 g/mol. The van der Waals surface area contributed by atoms with E-state index in [1.165, 1.54) is 0 Å². The summed E-state index contributed by atoms with van der Waals surface area (Å²) >= 11 is 0. The van der Waals surface area contributed by atoms with Crippen molar-refractivity contribution in [1.29, 1.82) is 0 Å². The first kappa shape index (κ1) is 21.0. The molecule has 0 aromatic heterocycles. The topological polar surface area (TPSA) is 58.2 Å².